The number of hydrogen-bond donors (Lipinski definition) is 2. The third-order valence-corrected chi connectivity index (χ3v) is 7.55. The van der Waals surface area contributed by atoms with Crippen LogP contribution in [0.1, 0.15) is 41.9 Å². The van der Waals surface area contributed by atoms with E-state index in [4.69, 9.17) is 9.47 Å². The van der Waals surface area contributed by atoms with Crippen LogP contribution in [0.15, 0.2) is 78.9 Å². The molecule has 0 radical (unpaired) electrons. The van der Waals surface area contributed by atoms with E-state index in [0.717, 1.165) is 27.8 Å². The van der Waals surface area contributed by atoms with Crippen LogP contribution in [0.25, 0.3) is 11.1 Å². The number of ether oxygens (including phenoxy) is 2. The molecule has 1 saturated heterocycles. The van der Waals surface area contributed by atoms with E-state index < -0.39 is 24.1 Å². The van der Waals surface area contributed by atoms with Gasteiger partial charge in [0.1, 0.15) is 13.2 Å². The zero-order valence-electron chi connectivity index (χ0n) is 21.7. The smallest absolute Gasteiger partial charge is 0.407 e. The fourth-order valence-corrected chi connectivity index (χ4v) is 5.56. The summed E-state index contributed by atoms with van der Waals surface area (Å²) < 4.78 is 11.3. The summed E-state index contributed by atoms with van der Waals surface area (Å²) in [6, 6.07) is 25.5. The maximum Gasteiger partial charge on any atom is 0.407 e. The van der Waals surface area contributed by atoms with Crippen molar-refractivity contribution in [3.8, 4) is 11.1 Å². The van der Waals surface area contributed by atoms with Gasteiger partial charge in [-0.2, -0.15) is 0 Å². The zero-order valence-corrected chi connectivity index (χ0v) is 21.7. The number of nitrogens with zero attached hydrogens (tertiary/aromatic N) is 1. The van der Waals surface area contributed by atoms with E-state index in [-0.39, 0.29) is 31.4 Å². The van der Waals surface area contributed by atoms with Crippen molar-refractivity contribution in [3.05, 3.63) is 95.6 Å². The third-order valence-electron chi connectivity index (χ3n) is 7.55. The summed E-state index contributed by atoms with van der Waals surface area (Å²) in [4.78, 5) is 39.4. The SMILES string of the molecule is O=C(O)CN(Cc1ccccc1)C(=O)CC1(NC(=O)OCC2c3ccccc3-c3ccccc32)CCOCC1. The Balaban J connectivity index is 1.27. The summed E-state index contributed by atoms with van der Waals surface area (Å²) in [5.41, 5.74) is 4.47. The normalized spacial score (nSPS) is 15.6. The number of rotatable bonds is 9. The molecule has 5 rings (SSSR count). The number of benzene rings is 3. The lowest BCUT2D eigenvalue weighted by molar-refractivity contribution is -0.146. The minimum atomic E-state index is -1.09. The molecule has 1 aliphatic carbocycles. The van der Waals surface area contributed by atoms with Crippen molar-refractivity contribution in [2.45, 2.75) is 37.3 Å². The van der Waals surface area contributed by atoms with E-state index in [0.29, 0.717) is 26.1 Å². The number of carbonyl (C=O) groups excluding carboxylic acids is 2. The molecule has 1 heterocycles. The molecule has 202 valence electrons. The molecular formula is C31H32N2O6. The minimum absolute atomic E-state index is 0.0410. The monoisotopic (exact) mass is 528 g/mol. The number of nitrogens with one attached hydrogen (secondary N) is 1. The summed E-state index contributed by atoms with van der Waals surface area (Å²) in [6.07, 6.45) is 0.213. The first-order valence-electron chi connectivity index (χ1n) is 13.2. The summed E-state index contributed by atoms with van der Waals surface area (Å²) in [6.45, 7) is 0.678. The Hall–Kier alpha value is -4.17. The van der Waals surface area contributed by atoms with Crippen molar-refractivity contribution in [2.75, 3.05) is 26.4 Å². The van der Waals surface area contributed by atoms with Crippen molar-refractivity contribution in [3.63, 3.8) is 0 Å². The molecule has 3 aromatic rings. The predicted octanol–water partition coefficient (Wildman–Crippen LogP) is 4.58. The second kappa shape index (κ2) is 11.7. The highest BCUT2D eigenvalue weighted by Crippen LogP contribution is 2.44. The molecule has 0 saturated carbocycles. The number of carboxylic acid groups (broad SMARTS) is 1. The molecule has 0 bridgehead atoms. The van der Waals surface area contributed by atoms with Gasteiger partial charge in [-0.3, -0.25) is 9.59 Å². The van der Waals surface area contributed by atoms with Gasteiger partial charge >= 0.3 is 12.1 Å². The first-order valence-corrected chi connectivity index (χ1v) is 13.2. The fraction of sp³-hybridized carbons (Fsp3) is 0.323. The molecule has 1 aliphatic heterocycles. The molecule has 8 nitrogen and oxygen atoms in total. The van der Waals surface area contributed by atoms with Crippen molar-refractivity contribution >= 4 is 18.0 Å². The zero-order chi connectivity index (χ0) is 27.2. The molecule has 2 aliphatic rings. The minimum Gasteiger partial charge on any atom is -0.480 e. The van der Waals surface area contributed by atoms with E-state index in [2.05, 4.69) is 29.6 Å². The summed E-state index contributed by atoms with van der Waals surface area (Å²) in [7, 11) is 0. The molecule has 0 unspecified atom stereocenters. The average molecular weight is 529 g/mol. The number of alkyl carbamates (subject to hydrolysis) is 1. The highest BCUT2D eigenvalue weighted by atomic mass is 16.5. The Kier molecular flexibility index (Phi) is 7.93. The standard InChI is InChI=1S/C31H32N2O6/c34-28(33(20-29(35)36)19-22-8-2-1-3-9-22)18-31(14-16-38-17-15-31)32-30(37)39-21-27-25-12-6-4-10-23(25)24-11-5-7-13-26(24)27/h1-13,27H,14-21H2,(H,32,37)(H,35,36). The quantitative estimate of drug-likeness (QED) is 0.421. The number of carboxylic acids is 1. The van der Waals surface area contributed by atoms with Crippen LogP contribution in [-0.4, -0.2) is 59.9 Å². The number of hydrogen-bond acceptors (Lipinski definition) is 5. The second-order valence-electron chi connectivity index (χ2n) is 10.1. The Morgan fingerprint density at radius 3 is 2.10 bits per heavy atom. The van der Waals surface area contributed by atoms with Crippen LogP contribution < -0.4 is 5.32 Å². The number of aliphatic carboxylic acids is 1. The molecule has 39 heavy (non-hydrogen) atoms. The molecule has 2 amide bonds. The highest BCUT2D eigenvalue weighted by molar-refractivity contribution is 5.83. The van der Waals surface area contributed by atoms with Gasteiger partial charge in [0.15, 0.2) is 0 Å². The van der Waals surface area contributed by atoms with Crippen LogP contribution in [0.2, 0.25) is 0 Å². The summed E-state index contributed by atoms with van der Waals surface area (Å²) in [5.74, 6) is -1.51. The van der Waals surface area contributed by atoms with E-state index in [1.807, 2.05) is 54.6 Å². The Labute approximate surface area is 227 Å². The van der Waals surface area contributed by atoms with Crippen molar-refractivity contribution < 1.29 is 29.0 Å². The topological polar surface area (TPSA) is 105 Å². The van der Waals surface area contributed by atoms with Gasteiger partial charge in [-0.15, -0.1) is 0 Å². The second-order valence-corrected chi connectivity index (χ2v) is 10.1. The van der Waals surface area contributed by atoms with E-state index in [1.54, 1.807) is 0 Å². The largest absolute Gasteiger partial charge is 0.480 e. The first kappa shape index (κ1) is 26.4. The van der Waals surface area contributed by atoms with Crippen LogP contribution in [0.5, 0.6) is 0 Å². The number of fused-ring (bicyclic) bond motifs is 3. The van der Waals surface area contributed by atoms with Crippen LogP contribution >= 0.6 is 0 Å². The molecule has 8 heteroatoms. The van der Waals surface area contributed by atoms with Gasteiger partial charge in [0, 0.05) is 25.7 Å². The van der Waals surface area contributed by atoms with Crippen LogP contribution in [0.4, 0.5) is 4.79 Å². The van der Waals surface area contributed by atoms with Crippen molar-refractivity contribution in [1.82, 2.24) is 10.2 Å². The average Bonchev–Trinajstić information content (AvgIpc) is 3.26. The summed E-state index contributed by atoms with van der Waals surface area (Å²) >= 11 is 0. The van der Waals surface area contributed by atoms with E-state index >= 15 is 0 Å². The lowest BCUT2D eigenvalue weighted by Gasteiger charge is -2.38. The van der Waals surface area contributed by atoms with Crippen LogP contribution in [0, 0.1) is 0 Å². The van der Waals surface area contributed by atoms with Gasteiger partial charge in [-0.25, -0.2) is 4.79 Å². The van der Waals surface area contributed by atoms with Gasteiger partial charge in [0.05, 0.1) is 12.0 Å². The molecule has 3 aromatic carbocycles. The molecule has 1 fully saturated rings. The summed E-state index contributed by atoms with van der Waals surface area (Å²) in [5, 5.41) is 12.4. The number of amides is 2. The van der Waals surface area contributed by atoms with E-state index in [9.17, 15) is 19.5 Å². The van der Waals surface area contributed by atoms with Gasteiger partial charge in [-0.1, -0.05) is 78.9 Å². The molecule has 2 N–H and O–H groups in total. The Bertz CT molecular complexity index is 1290. The van der Waals surface area contributed by atoms with Crippen molar-refractivity contribution in [2.24, 2.45) is 0 Å². The highest BCUT2D eigenvalue weighted by Gasteiger charge is 2.39. The van der Waals surface area contributed by atoms with Crippen LogP contribution in [-0.2, 0) is 25.6 Å². The molecule has 0 aromatic heterocycles. The lowest BCUT2D eigenvalue weighted by atomic mass is 9.86. The molecule has 0 spiro atoms. The molecule has 0 atom stereocenters. The lowest BCUT2D eigenvalue weighted by Crippen LogP contribution is -2.55. The maximum absolute atomic E-state index is 13.4. The molecular weight excluding hydrogens is 496 g/mol. The van der Waals surface area contributed by atoms with Gasteiger partial charge in [0.25, 0.3) is 0 Å². The van der Waals surface area contributed by atoms with Gasteiger partial charge < -0.3 is 24.8 Å². The van der Waals surface area contributed by atoms with Gasteiger partial charge in [-0.05, 0) is 40.7 Å². The predicted molar refractivity (Wildman–Crippen MR) is 145 cm³/mol. The Morgan fingerprint density at radius 2 is 1.49 bits per heavy atom. The fourth-order valence-electron chi connectivity index (χ4n) is 5.56. The Morgan fingerprint density at radius 1 is 0.897 bits per heavy atom. The number of carbonyl (C=O) groups is 3. The maximum atomic E-state index is 13.4. The van der Waals surface area contributed by atoms with Crippen LogP contribution in [0.3, 0.4) is 0 Å². The first-order chi connectivity index (χ1) is 18.9. The van der Waals surface area contributed by atoms with E-state index in [1.165, 1.54) is 4.90 Å². The van der Waals surface area contributed by atoms with Gasteiger partial charge in [0.2, 0.25) is 5.91 Å². The third kappa shape index (κ3) is 6.12. The van der Waals surface area contributed by atoms with Crippen molar-refractivity contribution in [1.29, 1.82) is 0 Å².